The zero-order chi connectivity index (χ0) is 25.1. The smallest absolute Gasteiger partial charge is 0.363 e. The molecule has 3 aromatic carbocycles. The molecule has 0 atom stereocenters. The van der Waals surface area contributed by atoms with Gasteiger partial charge in [-0.25, -0.2) is 9.79 Å². The first-order valence-corrected chi connectivity index (χ1v) is 11.0. The summed E-state index contributed by atoms with van der Waals surface area (Å²) in [5.41, 5.74) is 2.10. The lowest BCUT2D eigenvalue weighted by atomic mass is 10.1. The third-order valence-electron chi connectivity index (χ3n) is 5.10. The van der Waals surface area contributed by atoms with Crippen molar-refractivity contribution in [3.63, 3.8) is 0 Å². The Hall–Kier alpha value is -3.88. The minimum absolute atomic E-state index is 0.00828. The number of cyclic esters (lactones) is 1. The Labute approximate surface area is 210 Å². The predicted octanol–water partition coefficient (Wildman–Crippen LogP) is 6.14. The number of methoxy groups -OCH3 is 1. The number of ether oxygens (including phenoxy) is 3. The van der Waals surface area contributed by atoms with Crippen molar-refractivity contribution >= 4 is 46.8 Å². The fourth-order valence-corrected chi connectivity index (χ4v) is 3.86. The van der Waals surface area contributed by atoms with Gasteiger partial charge in [0.05, 0.1) is 17.1 Å². The third-order valence-corrected chi connectivity index (χ3v) is 5.62. The van der Waals surface area contributed by atoms with E-state index in [1.807, 2.05) is 12.1 Å². The van der Waals surface area contributed by atoms with Gasteiger partial charge >= 0.3 is 5.97 Å². The van der Waals surface area contributed by atoms with Crippen molar-refractivity contribution in [2.24, 2.45) is 4.99 Å². The van der Waals surface area contributed by atoms with Gasteiger partial charge in [0.2, 0.25) is 5.90 Å². The molecule has 0 fully saturated rings. The Morgan fingerprint density at radius 2 is 1.94 bits per heavy atom. The van der Waals surface area contributed by atoms with Crippen molar-refractivity contribution in [1.29, 1.82) is 0 Å². The lowest BCUT2D eigenvalue weighted by molar-refractivity contribution is -0.385. The highest BCUT2D eigenvalue weighted by atomic mass is 35.5. The molecule has 3 aromatic rings. The Bertz CT molecular complexity index is 1400. The van der Waals surface area contributed by atoms with Crippen LogP contribution in [0, 0.1) is 17.0 Å². The average Bonchev–Trinajstić information content (AvgIpc) is 3.18. The Balaban J connectivity index is 1.61. The van der Waals surface area contributed by atoms with Gasteiger partial charge in [-0.15, -0.1) is 0 Å². The minimum atomic E-state index is -0.695. The van der Waals surface area contributed by atoms with Crippen LogP contribution >= 0.6 is 23.2 Å². The van der Waals surface area contributed by atoms with Crippen LogP contribution in [0.4, 0.5) is 5.69 Å². The number of carbonyl (C=O) groups is 1. The first kappa shape index (κ1) is 24.3. The molecule has 10 heteroatoms. The summed E-state index contributed by atoms with van der Waals surface area (Å²) >= 11 is 12.5. The van der Waals surface area contributed by atoms with Gasteiger partial charge in [0, 0.05) is 22.2 Å². The molecular formula is C25H18Cl2N2O6. The summed E-state index contributed by atoms with van der Waals surface area (Å²) in [7, 11) is 1.47. The van der Waals surface area contributed by atoms with Crippen molar-refractivity contribution in [1.82, 2.24) is 0 Å². The molecule has 0 saturated carbocycles. The van der Waals surface area contributed by atoms with Crippen LogP contribution < -0.4 is 9.47 Å². The molecule has 1 aliphatic rings. The number of hydrogen-bond acceptors (Lipinski definition) is 7. The van der Waals surface area contributed by atoms with Crippen molar-refractivity contribution in [3.05, 3.63) is 103 Å². The zero-order valence-corrected chi connectivity index (χ0v) is 20.1. The molecule has 0 unspecified atom stereocenters. The number of halogens is 2. The molecule has 4 rings (SSSR count). The molecule has 0 amide bonds. The van der Waals surface area contributed by atoms with Gasteiger partial charge in [-0.05, 0) is 54.5 Å². The van der Waals surface area contributed by atoms with Crippen molar-refractivity contribution in [2.45, 2.75) is 13.5 Å². The number of nitrogens with zero attached hydrogens (tertiary/aromatic N) is 2. The van der Waals surface area contributed by atoms with E-state index < -0.39 is 10.9 Å². The molecule has 35 heavy (non-hydrogen) atoms. The standard InChI is InChI=1S/C25H18Cl2N2O6/c1-14-6-7-17(12-21(14)29(31)32)24-28-20(25(30)35-24)10-16-9-19(27)23(22(11-16)33-2)34-13-15-4-3-5-18(26)8-15/h3-12H,13H2,1-2H3/b20-10-. The molecule has 1 aliphatic heterocycles. The van der Waals surface area contributed by atoms with E-state index in [2.05, 4.69) is 4.99 Å². The van der Waals surface area contributed by atoms with Gasteiger partial charge in [-0.3, -0.25) is 10.1 Å². The predicted molar refractivity (Wildman–Crippen MR) is 132 cm³/mol. The molecule has 178 valence electrons. The second-order valence-corrected chi connectivity index (χ2v) is 8.39. The van der Waals surface area contributed by atoms with Crippen LogP contribution in [0.2, 0.25) is 10.0 Å². The summed E-state index contributed by atoms with van der Waals surface area (Å²) in [6.07, 6.45) is 1.48. The van der Waals surface area contributed by atoms with Crippen LogP contribution in [0.5, 0.6) is 11.5 Å². The first-order valence-electron chi connectivity index (χ1n) is 10.3. The number of benzene rings is 3. The molecular weight excluding hydrogens is 495 g/mol. The van der Waals surface area contributed by atoms with E-state index in [1.54, 1.807) is 43.3 Å². The highest BCUT2D eigenvalue weighted by Gasteiger charge is 2.26. The van der Waals surface area contributed by atoms with Crippen molar-refractivity contribution < 1.29 is 23.9 Å². The summed E-state index contributed by atoms with van der Waals surface area (Å²) in [4.78, 5) is 27.3. The highest BCUT2D eigenvalue weighted by molar-refractivity contribution is 6.32. The highest BCUT2D eigenvalue weighted by Crippen LogP contribution is 2.38. The van der Waals surface area contributed by atoms with Gasteiger partial charge in [-0.2, -0.15) is 0 Å². The third kappa shape index (κ3) is 5.45. The molecule has 0 saturated heterocycles. The van der Waals surface area contributed by atoms with Crippen LogP contribution in [-0.2, 0) is 16.1 Å². The molecule has 0 radical (unpaired) electrons. The van der Waals surface area contributed by atoms with Gasteiger partial charge in [0.1, 0.15) is 6.61 Å². The van der Waals surface area contributed by atoms with Crippen LogP contribution in [-0.4, -0.2) is 23.9 Å². The Morgan fingerprint density at radius 1 is 1.14 bits per heavy atom. The lowest BCUT2D eigenvalue weighted by Crippen LogP contribution is -2.06. The minimum Gasteiger partial charge on any atom is -0.493 e. The summed E-state index contributed by atoms with van der Waals surface area (Å²) in [5, 5.41) is 12.1. The normalized spacial score (nSPS) is 14.0. The molecule has 1 heterocycles. The van der Waals surface area contributed by atoms with Gasteiger partial charge in [-0.1, -0.05) is 41.4 Å². The second-order valence-electron chi connectivity index (χ2n) is 7.55. The molecule has 0 aromatic heterocycles. The number of aryl methyl sites for hydroxylation is 1. The van der Waals surface area contributed by atoms with E-state index in [1.165, 1.54) is 19.3 Å². The SMILES string of the molecule is COc1cc(/C=C2\N=C(c3ccc(C)c([N+](=O)[O-])c3)OC2=O)cc(Cl)c1OCc1cccc(Cl)c1. The number of carbonyl (C=O) groups excluding carboxylic acids is 1. The zero-order valence-electron chi connectivity index (χ0n) is 18.6. The van der Waals surface area contributed by atoms with Crippen LogP contribution in [0.3, 0.4) is 0 Å². The molecule has 0 aliphatic carbocycles. The largest absolute Gasteiger partial charge is 0.493 e. The number of aliphatic imine (C=N–C) groups is 1. The van der Waals surface area contributed by atoms with E-state index >= 15 is 0 Å². The van der Waals surface area contributed by atoms with Crippen LogP contribution in [0.25, 0.3) is 6.08 Å². The summed E-state index contributed by atoms with van der Waals surface area (Å²) in [5.74, 6) is -0.0268. The van der Waals surface area contributed by atoms with Crippen LogP contribution in [0.1, 0.15) is 22.3 Å². The average molecular weight is 513 g/mol. The first-order chi connectivity index (χ1) is 16.7. The van der Waals surface area contributed by atoms with E-state index in [9.17, 15) is 14.9 Å². The Morgan fingerprint density at radius 3 is 2.66 bits per heavy atom. The monoisotopic (exact) mass is 512 g/mol. The number of rotatable bonds is 7. The quantitative estimate of drug-likeness (QED) is 0.163. The summed E-state index contributed by atoms with van der Waals surface area (Å²) < 4.78 is 16.5. The fraction of sp³-hybridized carbons (Fsp3) is 0.120. The van der Waals surface area contributed by atoms with E-state index in [4.69, 9.17) is 37.4 Å². The van der Waals surface area contributed by atoms with Gasteiger partial charge in [0.25, 0.3) is 5.69 Å². The summed E-state index contributed by atoms with van der Waals surface area (Å²) in [6.45, 7) is 1.84. The van der Waals surface area contributed by atoms with Gasteiger partial charge < -0.3 is 14.2 Å². The molecule has 0 N–H and O–H groups in total. The van der Waals surface area contributed by atoms with Crippen molar-refractivity contribution in [3.8, 4) is 11.5 Å². The molecule has 8 nitrogen and oxygen atoms in total. The fourth-order valence-electron chi connectivity index (χ4n) is 3.38. The maximum Gasteiger partial charge on any atom is 0.363 e. The maximum absolute atomic E-state index is 12.4. The lowest BCUT2D eigenvalue weighted by Gasteiger charge is -2.13. The van der Waals surface area contributed by atoms with Crippen LogP contribution in [0.15, 0.2) is 65.3 Å². The van der Waals surface area contributed by atoms with E-state index in [0.717, 1.165) is 5.56 Å². The van der Waals surface area contributed by atoms with E-state index in [0.29, 0.717) is 33.2 Å². The number of hydrogen-bond donors (Lipinski definition) is 0. The number of esters is 1. The number of nitro benzene ring substituents is 1. The molecule has 0 spiro atoms. The number of nitro groups is 1. The van der Waals surface area contributed by atoms with E-state index in [-0.39, 0.29) is 28.9 Å². The van der Waals surface area contributed by atoms with Crippen molar-refractivity contribution in [2.75, 3.05) is 7.11 Å². The summed E-state index contributed by atoms with van der Waals surface area (Å²) in [6, 6.07) is 15.0. The maximum atomic E-state index is 12.4. The molecule has 0 bridgehead atoms. The topological polar surface area (TPSA) is 100 Å². The Kier molecular flexibility index (Phi) is 7.04. The second kappa shape index (κ2) is 10.2. The van der Waals surface area contributed by atoms with Gasteiger partial charge in [0.15, 0.2) is 17.2 Å².